The molecule has 62 valence electrons. The van der Waals surface area contributed by atoms with Gasteiger partial charge in [0.15, 0.2) is 0 Å². The molecule has 0 fully saturated rings. The van der Waals surface area contributed by atoms with E-state index in [1.165, 1.54) is 11.1 Å². The average Bonchev–Trinajstić information content (AvgIpc) is 1.94. The number of carboxylic acid groups (broad SMARTS) is 1. The van der Waals surface area contributed by atoms with Crippen LogP contribution in [0.5, 0.6) is 0 Å². The van der Waals surface area contributed by atoms with Crippen LogP contribution in [0.25, 0.3) is 0 Å². The molecule has 2 nitrogen and oxygen atoms in total. The van der Waals surface area contributed by atoms with Crippen LogP contribution in [-0.2, 0) is 11.2 Å². The van der Waals surface area contributed by atoms with E-state index in [9.17, 15) is 4.79 Å². The Labute approximate surface area is 70.8 Å². The Hall–Kier alpha value is -1.31. The van der Waals surface area contributed by atoms with E-state index in [4.69, 9.17) is 5.11 Å². The van der Waals surface area contributed by atoms with Gasteiger partial charge in [0, 0.05) is 0 Å². The van der Waals surface area contributed by atoms with E-state index in [-0.39, 0.29) is 5.92 Å². The number of fused-ring (bicyclic) bond motifs is 1. The maximum absolute atomic E-state index is 10.6. The van der Waals surface area contributed by atoms with Crippen molar-refractivity contribution in [3.05, 3.63) is 34.9 Å². The van der Waals surface area contributed by atoms with Crippen molar-refractivity contribution in [2.24, 2.45) is 0 Å². The molecular weight excluding hydrogens is 152 g/mol. The number of hydrogen-bond acceptors (Lipinski definition) is 1. The number of hydrogen-bond donors (Lipinski definition) is 1. The van der Waals surface area contributed by atoms with Crippen molar-refractivity contribution < 1.29 is 9.90 Å². The lowest BCUT2D eigenvalue weighted by Gasteiger charge is -2.26. The molecule has 1 aliphatic rings. The fourth-order valence-electron chi connectivity index (χ4n) is 1.67. The highest BCUT2D eigenvalue weighted by molar-refractivity contribution is 5.80. The highest BCUT2D eigenvalue weighted by Crippen LogP contribution is 2.35. The van der Waals surface area contributed by atoms with Gasteiger partial charge in [0.1, 0.15) is 0 Å². The fourth-order valence-corrected chi connectivity index (χ4v) is 1.67. The summed E-state index contributed by atoms with van der Waals surface area (Å²) in [7, 11) is 0. The van der Waals surface area contributed by atoms with Gasteiger partial charge in [0.25, 0.3) is 0 Å². The first-order valence-corrected chi connectivity index (χ1v) is 4.00. The van der Waals surface area contributed by atoms with Gasteiger partial charge in [-0.05, 0) is 24.5 Å². The summed E-state index contributed by atoms with van der Waals surface area (Å²) < 4.78 is 0. The van der Waals surface area contributed by atoms with E-state index in [0.717, 1.165) is 5.56 Å². The van der Waals surface area contributed by atoms with Gasteiger partial charge in [-0.25, -0.2) is 0 Å². The Balaban J connectivity index is 2.37. The molecule has 1 N–H and O–H groups in total. The van der Waals surface area contributed by atoms with Crippen LogP contribution >= 0.6 is 0 Å². The van der Waals surface area contributed by atoms with Gasteiger partial charge < -0.3 is 5.11 Å². The van der Waals surface area contributed by atoms with E-state index < -0.39 is 5.97 Å². The van der Waals surface area contributed by atoms with Crippen molar-refractivity contribution >= 4 is 5.97 Å². The molecule has 2 rings (SSSR count). The molecule has 12 heavy (non-hydrogen) atoms. The number of aliphatic carboxylic acids is 1. The van der Waals surface area contributed by atoms with Gasteiger partial charge in [0.2, 0.25) is 0 Å². The minimum Gasteiger partial charge on any atom is -0.481 e. The minimum absolute atomic E-state index is 0.249. The Morgan fingerprint density at radius 2 is 2.33 bits per heavy atom. The molecule has 0 radical (unpaired) electrons. The molecule has 0 bridgehead atoms. The average molecular weight is 162 g/mol. The number of carbonyl (C=O) groups is 1. The Kier molecular flexibility index (Phi) is 1.43. The predicted molar refractivity (Wildman–Crippen MR) is 45.3 cm³/mol. The van der Waals surface area contributed by atoms with E-state index in [2.05, 4.69) is 6.07 Å². The van der Waals surface area contributed by atoms with Gasteiger partial charge in [-0.1, -0.05) is 23.8 Å². The molecule has 0 heterocycles. The van der Waals surface area contributed by atoms with E-state index in [1.807, 2.05) is 19.1 Å². The second-order valence-corrected chi connectivity index (χ2v) is 3.30. The van der Waals surface area contributed by atoms with E-state index in [0.29, 0.717) is 6.42 Å². The van der Waals surface area contributed by atoms with Crippen molar-refractivity contribution in [2.75, 3.05) is 0 Å². The van der Waals surface area contributed by atoms with Crippen molar-refractivity contribution in [3.8, 4) is 0 Å². The van der Waals surface area contributed by atoms with Crippen molar-refractivity contribution in [3.63, 3.8) is 0 Å². The first-order chi connectivity index (χ1) is 5.68. The molecule has 0 amide bonds. The van der Waals surface area contributed by atoms with Crippen LogP contribution < -0.4 is 0 Å². The summed E-state index contributed by atoms with van der Waals surface area (Å²) in [6.45, 7) is 2.02. The topological polar surface area (TPSA) is 37.3 Å². The van der Waals surface area contributed by atoms with Crippen LogP contribution in [0.3, 0.4) is 0 Å². The second-order valence-electron chi connectivity index (χ2n) is 3.30. The van der Waals surface area contributed by atoms with E-state index >= 15 is 0 Å². The third-order valence-electron chi connectivity index (χ3n) is 2.40. The number of aryl methyl sites for hydroxylation is 1. The summed E-state index contributed by atoms with van der Waals surface area (Å²) >= 11 is 0. The van der Waals surface area contributed by atoms with Gasteiger partial charge >= 0.3 is 5.97 Å². The van der Waals surface area contributed by atoms with Crippen LogP contribution in [-0.4, -0.2) is 11.1 Å². The molecule has 1 aromatic carbocycles. The largest absolute Gasteiger partial charge is 0.481 e. The summed E-state index contributed by atoms with van der Waals surface area (Å²) in [5.41, 5.74) is 3.40. The third kappa shape index (κ3) is 0.916. The van der Waals surface area contributed by atoms with Crippen LogP contribution in [0.15, 0.2) is 18.2 Å². The van der Waals surface area contributed by atoms with Crippen LogP contribution in [0.4, 0.5) is 0 Å². The van der Waals surface area contributed by atoms with Gasteiger partial charge in [-0.2, -0.15) is 0 Å². The molecule has 0 spiro atoms. The summed E-state index contributed by atoms with van der Waals surface area (Å²) in [4.78, 5) is 10.6. The van der Waals surface area contributed by atoms with Crippen molar-refractivity contribution in [1.29, 1.82) is 0 Å². The molecule has 0 saturated carbocycles. The second kappa shape index (κ2) is 2.34. The highest BCUT2D eigenvalue weighted by Gasteiger charge is 2.31. The summed E-state index contributed by atoms with van der Waals surface area (Å²) in [5.74, 6) is -0.952. The fraction of sp³-hybridized carbons (Fsp3) is 0.300. The Bertz CT molecular complexity index is 342. The minimum atomic E-state index is -0.702. The Morgan fingerprint density at radius 3 is 2.92 bits per heavy atom. The molecule has 0 aliphatic heterocycles. The van der Waals surface area contributed by atoms with E-state index in [1.54, 1.807) is 0 Å². The lowest BCUT2D eigenvalue weighted by molar-refractivity contribution is -0.139. The maximum atomic E-state index is 10.6. The first-order valence-electron chi connectivity index (χ1n) is 4.00. The van der Waals surface area contributed by atoms with Gasteiger partial charge in [0.05, 0.1) is 5.92 Å². The maximum Gasteiger partial charge on any atom is 0.311 e. The quantitative estimate of drug-likeness (QED) is 0.682. The zero-order valence-corrected chi connectivity index (χ0v) is 6.87. The molecular formula is C10H10O2. The number of benzene rings is 1. The standard InChI is InChI=1S/C10H10O2/c1-6-2-3-8-7(4-6)5-9(8)10(11)12/h2-4,9H,5H2,1H3,(H,11,12). The normalized spacial score (nSPS) is 19.6. The number of carboxylic acids is 1. The zero-order chi connectivity index (χ0) is 8.72. The summed E-state index contributed by atoms with van der Waals surface area (Å²) in [5, 5.41) is 8.75. The van der Waals surface area contributed by atoms with Crippen LogP contribution in [0.2, 0.25) is 0 Å². The number of rotatable bonds is 1. The summed E-state index contributed by atoms with van der Waals surface area (Å²) in [6.07, 6.45) is 0.701. The monoisotopic (exact) mass is 162 g/mol. The zero-order valence-electron chi connectivity index (χ0n) is 6.87. The first kappa shape index (κ1) is 7.35. The van der Waals surface area contributed by atoms with Crippen LogP contribution in [0.1, 0.15) is 22.6 Å². The Morgan fingerprint density at radius 1 is 1.58 bits per heavy atom. The van der Waals surface area contributed by atoms with Crippen molar-refractivity contribution in [2.45, 2.75) is 19.3 Å². The molecule has 1 atom stereocenters. The highest BCUT2D eigenvalue weighted by atomic mass is 16.4. The molecule has 0 aromatic heterocycles. The molecule has 1 unspecified atom stereocenters. The van der Waals surface area contributed by atoms with Gasteiger partial charge in [-0.15, -0.1) is 0 Å². The van der Waals surface area contributed by atoms with Crippen LogP contribution in [0, 0.1) is 6.92 Å². The lowest BCUT2D eigenvalue weighted by Crippen LogP contribution is -2.24. The molecule has 1 aliphatic carbocycles. The summed E-state index contributed by atoms with van der Waals surface area (Å²) in [6, 6.07) is 5.95. The molecule has 2 heteroatoms. The van der Waals surface area contributed by atoms with Gasteiger partial charge in [-0.3, -0.25) is 4.79 Å². The predicted octanol–water partition coefficient (Wildman–Crippen LogP) is 1.72. The third-order valence-corrected chi connectivity index (χ3v) is 2.40. The van der Waals surface area contributed by atoms with Crippen molar-refractivity contribution in [1.82, 2.24) is 0 Å². The smallest absolute Gasteiger partial charge is 0.311 e. The SMILES string of the molecule is Cc1ccc2c(c1)CC2C(=O)O. The molecule has 1 aromatic rings. The lowest BCUT2D eigenvalue weighted by atomic mass is 9.77. The molecule has 0 saturated heterocycles.